The van der Waals surface area contributed by atoms with Crippen molar-refractivity contribution in [2.45, 2.75) is 12.8 Å². The Hall–Kier alpha value is -3.08. The van der Waals surface area contributed by atoms with E-state index in [2.05, 4.69) is 10.3 Å². The van der Waals surface area contributed by atoms with Crippen molar-refractivity contribution in [1.29, 1.82) is 0 Å². The number of nitrogens with zero attached hydrogens (tertiary/aromatic N) is 1. The maximum Gasteiger partial charge on any atom is 0.224 e. The summed E-state index contributed by atoms with van der Waals surface area (Å²) in [7, 11) is 3.20. The van der Waals surface area contributed by atoms with Crippen molar-refractivity contribution < 1.29 is 14.3 Å². The van der Waals surface area contributed by atoms with Gasteiger partial charge in [0.1, 0.15) is 0 Å². The smallest absolute Gasteiger partial charge is 0.224 e. The van der Waals surface area contributed by atoms with E-state index in [-0.39, 0.29) is 5.91 Å². The summed E-state index contributed by atoms with van der Waals surface area (Å²) in [6.07, 6.45) is 2.71. The second-order valence-electron chi connectivity index (χ2n) is 5.62. The Morgan fingerprint density at radius 2 is 1.84 bits per heavy atom. The van der Waals surface area contributed by atoms with Gasteiger partial charge in [-0.05, 0) is 36.2 Å². The summed E-state index contributed by atoms with van der Waals surface area (Å²) >= 11 is 0. The van der Waals surface area contributed by atoms with Crippen LogP contribution in [0, 0.1) is 0 Å². The number of benzene rings is 2. The lowest BCUT2D eigenvalue weighted by Crippen LogP contribution is -2.12. The first-order chi connectivity index (χ1) is 12.2. The first kappa shape index (κ1) is 16.8. The van der Waals surface area contributed by atoms with E-state index in [0.29, 0.717) is 24.3 Å². The molecule has 0 spiro atoms. The first-order valence-corrected chi connectivity index (χ1v) is 8.06. The van der Waals surface area contributed by atoms with Crippen LogP contribution in [0.2, 0.25) is 0 Å². The Balaban J connectivity index is 1.67. The van der Waals surface area contributed by atoms with Crippen LogP contribution in [0.25, 0.3) is 10.9 Å². The maximum atomic E-state index is 12.3. The van der Waals surface area contributed by atoms with Gasteiger partial charge in [-0.25, -0.2) is 0 Å². The summed E-state index contributed by atoms with van der Waals surface area (Å²) < 4.78 is 10.5. The minimum absolute atomic E-state index is 0.0482. The van der Waals surface area contributed by atoms with Gasteiger partial charge in [0.2, 0.25) is 5.91 Å². The number of methoxy groups -OCH3 is 2. The van der Waals surface area contributed by atoms with Crippen LogP contribution in [0.5, 0.6) is 11.5 Å². The van der Waals surface area contributed by atoms with Crippen LogP contribution in [0.3, 0.4) is 0 Å². The van der Waals surface area contributed by atoms with Crippen LogP contribution in [-0.4, -0.2) is 25.1 Å². The number of carbonyl (C=O) groups is 1. The van der Waals surface area contributed by atoms with Crippen molar-refractivity contribution >= 4 is 22.5 Å². The molecular formula is C20H20N2O3. The fraction of sp³-hybridized carbons (Fsp3) is 0.200. The molecule has 0 radical (unpaired) electrons. The van der Waals surface area contributed by atoms with E-state index in [0.717, 1.165) is 22.2 Å². The van der Waals surface area contributed by atoms with Crippen molar-refractivity contribution in [2.75, 3.05) is 19.5 Å². The number of rotatable bonds is 6. The number of para-hydroxylation sites is 1. The zero-order chi connectivity index (χ0) is 17.6. The van der Waals surface area contributed by atoms with E-state index >= 15 is 0 Å². The molecule has 5 heteroatoms. The minimum Gasteiger partial charge on any atom is -0.493 e. The monoisotopic (exact) mass is 336 g/mol. The van der Waals surface area contributed by atoms with E-state index in [1.165, 1.54) is 0 Å². The van der Waals surface area contributed by atoms with Crippen LogP contribution in [0.1, 0.15) is 12.0 Å². The summed E-state index contributed by atoms with van der Waals surface area (Å²) in [5, 5.41) is 3.95. The second kappa shape index (κ2) is 7.66. The molecule has 1 aromatic heterocycles. The van der Waals surface area contributed by atoms with Crippen LogP contribution in [-0.2, 0) is 11.2 Å². The first-order valence-electron chi connectivity index (χ1n) is 8.06. The molecule has 2 aromatic carbocycles. The van der Waals surface area contributed by atoms with Crippen molar-refractivity contribution in [3.63, 3.8) is 0 Å². The van der Waals surface area contributed by atoms with Gasteiger partial charge in [-0.1, -0.05) is 24.3 Å². The number of anilines is 1. The van der Waals surface area contributed by atoms with Gasteiger partial charge in [0.25, 0.3) is 0 Å². The van der Waals surface area contributed by atoms with E-state index in [1.54, 1.807) is 20.4 Å². The highest BCUT2D eigenvalue weighted by molar-refractivity contribution is 6.00. The highest BCUT2D eigenvalue weighted by atomic mass is 16.5. The van der Waals surface area contributed by atoms with Crippen molar-refractivity contribution in [1.82, 2.24) is 4.98 Å². The zero-order valence-corrected chi connectivity index (χ0v) is 14.3. The van der Waals surface area contributed by atoms with Crippen molar-refractivity contribution in [3.05, 3.63) is 60.3 Å². The van der Waals surface area contributed by atoms with Crippen LogP contribution in [0.15, 0.2) is 54.7 Å². The zero-order valence-electron chi connectivity index (χ0n) is 14.3. The Morgan fingerprint density at radius 3 is 2.64 bits per heavy atom. The number of fused-ring (bicyclic) bond motifs is 1. The molecule has 0 aliphatic heterocycles. The lowest BCUT2D eigenvalue weighted by Gasteiger charge is -2.10. The Morgan fingerprint density at radius 1 is 1.04 bits per heavy atom. The van der Waals surface area contributed by atoms with E-state index in [4.69, 9.17) is 9.47 Å². The number of ether oxygens (including phenoxy) is 2. The molecule has 0 unspecified atom stereocenters. The number of aryl methyl sites for hydroxylation is 1. The van der Waals surface area contributed by atoms with Crippen LogP contribution >= 0.6 is 0 Å². The molecule has 0 aliphatic carbocycles. The van der Waals surface area contributed by atoms with Gasteiger partial charge in [0.05, 0.1) is 25.4 Å². The molecular weight excluding hydrogens is 316 g/mol. The van der Waals surface area contributed by atoms with Crippen LogP contribution in [0.4, 0.5) is 5.69 Å². The van der Waals surface area contributed by atoms with Gasteiger partial charge in [-0.3, -0.25) is 9.78 Å². The normalized spacial score (nSPS) is 10.5. The number of aromatic nitrogens is 1. The van der Waals surface area contributed by atoms with Gasteiger partial charge in [-0.15, -0.1) is 0 Å². The number of hydrogen-bond acceptors (Lipinski definition) is 4. The van der Waals surface area contributed by atoms with E-state index in [9.17, 15) is 4.79 Å². The third-order valence-electron chi connectivity index (χ3n) is 4.00. The second-order valence-corrected chi connectivity index (χ2v) is 5.62. The fourth-order valence-electron chi connectivity index (χ4n) is 2.71. The topological polar surface area (TPSA) is 60.5 Å². The summed E-state index contributed by atoms with van der Waals surface area (Å²) in [4.78, 5) is 16.7. The molecule has 1 N–H and O–H groups in total. The molecule has 0 fully saturated rings. The molecule has 0 aliphatic rings. The summed E-state index contributed by atoms with van der Waals surface area (Å²) in [6, 6.07) is 15.3. The molecule has 25 heavy (non-hydrogen) atoms. The Labute approximate surface area is 146 Å². The molecule has 5 nitrogen and oxygen atoms in total. The lowest BCUT2D eigenvalue weighted by atomic mass is 10.1. The molecule has 3 rings (SSSR count). The van der Waals surface area contributed by atoms with Crippen LogP contribution < -0.4 is 14.8 Å². The summed E-state index contributed by atoms with van der Waals surface area (Å²) in [5.41, 5.74) is 2.55. The lowest BCUT2D eigenvalue weighted by molar-refractivity contribution is -0.116. The highest BCUT2D eigenvalue weighted by Crippen LogP contribution is 2.28. The molecule has 128 valence electrons. The molecule has 1 amide bonds. The van der Waals surface area contributed by atoms with Gasteiger partial charge >= 0.3 is 0 Å². The molecule has 0 saturated heterocycles. The number of hydrogen-bond donors (Lipinski definition) is 1. The number of carbonyl (C=O) groups excluding carboxylic acids is 1. The van der Waals surface area contributed by atoms with Gasteiger partial charge < -0.3 is 14.8 Å². The van der Waals surface area contributed by atoms with Crippen molar-refractivity contribution in [2.24, 2.45) is 0 Å². The van der Waals surface area contributed by atoms with Crippen molar-refractivity contribution in [3.8, 4) is 11.5 Å². The average Bonchev–Trinajstić information content (AvgIpc) is 2.66. The standard InChI is InChI=1S/C20H20N2O3/c1-24-17-10-8-14(13-18(17)25-2)9-11-19(23)22-16-7-3-5-15-6-4-12-21-20(15)16/h3-8,10,12-13H,9,11H2,1-2H3,(H,22,23). The van der Waals surface area contributed by atoms with E-state index in [1.807, 2.05) is 48.5 Å². The fourth-order valence-corrected chi connectivity index (χ4v) is 2.71. The quantitative estimate of drug-likeness (QED) is 0.743. The maximum absolute atomic E-state index is 12.3. The highest BCUT2D eigenvalue weighted by Gasteiger charge is 2.09. The third kappa shape index (κ3) is 3.88. The molecule has 0 atom stereocenters. The van der Waals surface area contributed by atoms with Gasteiger partial charge in [0, 0.05) is 18.0 Å². The molecule has 3 aromatic rings. The predicted molar refractivity (Wildman–Crippen MR) is 98.2 cm³/mol. The number of nitrogens with one attached hydrogen (secondary N) is 1. The minimum atomic E-state index is -0.0482. The largest absolute Gasteiger partial charge is 0.493 e. The third-order valence-corrected chi connectivity index (χ3v) is 4.00. The number of amides is 1. The molecule has 1 heterocycles. The van der Waals surface area contributed by atoms with E-state index < -0.39 is 0 Å². The summed E-state index contributed by atoms with van der Waals surface area (Å²) in [5.74, 6) is 1.30. The molecule has 0 bridgehead atoms. The Bertz CT molecular complexity index is 888. The SMILES string of the molecule is COc1ccc(CCC(=O)Nc2cccc3cccnc23)cc1OC. The Kier molecular flexibility index (Phi) is 5.14. The molecule has 0 saturated carbocycles. The van der Waals surface area contributed by atoms with Gasteiger partial charge in [0.15, 0.2) is 11.5 Å². The number of pyridine rings is 1. The predicted octanol–water partition coefficient (Wildman–Crippen LogP) is 3.82. The summed E-state index contributed by atoms with van der Waals surface area (Å²) in [6.45, 7) is 0. The van der Waals surface area contributed by atoms with Gasteiger partial charge in [-0.2, -0.15) is 0 Å². The average molecular weight is 336 g/mol.